The Balaban J connectivity index is 2.26. The number of nitrogens with zero attached hydrogens (tertiary/aromatic N) is 3. The fourth-order valence-electron chi connectivity index (χ4n) is 1.43. The first-order valence-electron chi connectivity index (χ1n) is 5.78. The van der Waals surface area contributed by atoms with Gasteiger partial charge in [-0.1, -0.05) is 24.7 Å². The number of pyridine rings is 1. The summed E-state index contributed by atoms with van der Waals surface area (Å²) in [6.45, 7) is 1.93. The minimum Gasteiger partial charge on any atom is -0.619 e. The highest BCUT2D eigenvalue weighted by molar-refractivity contribution is 7.93. The normalized spacial score (nSPS) is 11.6. The molecule has 19 heavy (non-hydrogen) atoms. The molecule has 0 fully saturated rings. The first kappa shape index (κ1) is 13.9. The van der Waals surface area contributed by atoms with E-state index >= 15 is 0 Å². The first-order valence-corrected chi connectivity index (χ1v) is 8.25. The van der Waals surface area contributed by atoms with Gasteiger partial charge < -0.3 is 5.21 Å². The first-order chi connectivity index (χ1) is 9.03. The lowest BCUT2D eigenvalue weighted by Crippen LogP contribution is -2.23. The van der Waals surface area contributed by atoms with Crippen LogP contribution in [-0.4, -0.2) is 24.4 Å². The van der Waals surface area contributed by atoms with Crippen LogP contribution in [0.25, 0.3) is 10.6 Å². The summed E-state index contributed by atoms with van der Waals surface area (Å²) in [5.74, 6) is 0.0908. The zero-order chi connectivity index (χ0) is 13.9. The van der Waals surface area contributed by atoms with E-state index in [9.17, 15) is 13.6 Å². The number of unbranched alkanes of at least 4 members (excludes halogenated alkanes) is 1. The van der Waals surface area contributed by atoms with E-state index in [4.69, 9.17) is 0 Å². The molecule has 0 unspecified atom stereocenters. The van der Waals surface area contributed by atoms with Crippen LogP contribution < -0.4 is 4.73 Å². The molecule has 2 aromatic rings. The summed E-state index contributed by atoms with van der Waals surface area (Å²) in [6, 6.07) is 3.16. The molecule has 2 heterocycles. The van der Waals surface area contributed by atoms with Crippen molar-refractivity contribution >= 4 is 21.2 Å². The number of hydrogen-bond acceptors (Lipinski definition) is 6. The smallest absolute Gasteiger partial charge is 0.232 e. The topological polar surface area (TPSA) is 86.9 Å². The third kappa shape index (κ3) is 3.27. The highest BCUT2D eigenvalue weighted by Crippen LogP contribution is 2.26. The molecule has 0 spiro atoms. The van der Waals surface area contributed by atoms with Gasteiger partial charge in [-0.3, -0.25) is 0 Å². The predicted octanol–water partition coefficient (Wildman–Crippen LogP) is 1.41. The van der Waals surface area contributed by atoms with Crippen molar-refractivity contribution in [2.45, 2.75) is 24.1 Å². The zero-order valence-corrected chi connectivity index (χ0v) is 11.9. The van der Waals surface area contributed by atoms with Gasteiger partial charge in [0.15, 0.2) is 12.4 Å². The molecule has 8 heteroatoms. The van der Waals surface area contributed by atoms with E-state index in [-0.39, 0.29) is 10.1 Å². The van der Waals surface area contributed by atoms with Gasteiger partial charge in [0.25, 0.3) is 0 Å². The summed E-state index contributed by atoms with van der Waals surface area (Å²) >= 11 is 1.03. The van der Waals surface area contributed by atoms with E-state index < -0.39 is 9.84 Å². The van der Waals surface area contributed by atoms with Gasteiger partial charge in [0, 0.05) is 17.7 Å². The largest absolute Gasteiger partial charge is 0.619 e. The predicted molar refractivity (Wildman–Crippen MR) is 71.3 cm³/mol. The van der Waals surface area contributed by atoms with Crippen LogP contribution in [0.2, 0.25) is 0 Å². The van der Waals surface area contributed by atoms with E-state index in [0.29, 0.717) is 21.7 Å². The Kier molecular flexibility index (Phi) is 4.11. The Bertz CT molecular complexity index is 650. The molecule has 0 aliphatic rings. The maximum Gasteiger partial charge on any atom is 0.232 e. The van der Waals surface area contributed by atoms with Crippen molar-refractivity contribution in [2.75, 3.05) is 5.75 Å². The lowest BCUT2D eigenvalue weighted by Gasteiger charge is -1.97. The van der Waals surface area contributed by atoms with Crippen LogP contribution in [0.1, 0.15) is 19.8 Å². The Hall–Kier alpha value is -1.54. The molecule has 0 atom stereocenters. The molecular weight excluding hydrogens is 286 g/mol. The van der Waals surface area contributed by atoms with Gasteiger partial charge in [-0.15, -0.1) is 10.2 Å². The van der Waals surface area contributed by atoms with Crippen molar-refractivity contribution < 1.29 is 13.1 Å². The summed E-state index contributed by atoms with van der Waals surface area (Å²) in [7, 11) is -3.34. The molecule has 0 aromatic carbocycles. The van der Waals surface area contributed by atoms with Crippen molar-refractivity contribution in [3.8, 4) is 10.6 Å². The number of sulfone groups is 1. The van der Waals surface area contributed by atoms with Crippen molar-refractivity contribution in [3.63, 3.8) is 0 Å². The molecule has 2 rings (SSSR count). The molecule has 0 amide bonds. The second kappa shape index (κ2) is 5.62. The van der Waals surface area contributed by atoms with E-state index in [1.54, 1.807) is 12.1 Å². The molecule has 0 saturated heterocycles. The van der Waals surface area contributed by atoms with Gasteiger partial charge in [0.2, 0.25) is 14.2 Å². The van der Waals surface area contributed by atoms with Gasteiger partial charge in [-0.2, -0.15) is 4.73 Å². The Morgan fingerprint density at radius 2 is 2.00 bits per heavy atom. The summed E-state index contributed by atoms with van der Waals surface area (Å²) in [6.07, 6.45) is 4.09. The molecule has 102 valence electrons. The van der Waals surface area contributed by atoms with E-state index in [2.05, 4.69) is 10.2 Å². The fraction of sp³-hybridized carbons (Fsp3) is 0.364. The van der Waals surface area contributed by atoms with Crippen LogP contribution in [0, 0.1) is 5.21 Å². The maximum absolute atomic E-state index is 11.9. The maximum atomic E-state index is 11.9. The summed E-state index contributed by atoms with van der Waals surface area (Å²) < 4.78 is 24.6. The van der Waals surface area contributed by atoms with Gasteiger partial charge in [-0.25, -0.2) is 8.42 Å². The molecule has 0 bridgehead atoms. The molecular formula is C11H13N3O3S2. The van der Waals surface area contributed by atoms with Gasteiger partial charge in [-0.05, 0) is 6.42 Å². The quantitative estimate of drug-likeness (QED) is 0.615. The molecule has 0 aliphatic carbocycles. The second-order valence-electron chi connectivity index (χ2n) is 3.99. The number of aromatic nitrogens is 3. The average molecular weight is 299 g/mol. The van der Waals surface area contributed by atoms with Gasteiger partial charge >= 0.3 is 0 Å². The van der Waals surface area contributed by atoms with Crippen LogP contribution >= 0.6 is 11.3 Å². The molecule has 0 N–H and O–H groups in total. The van der Waals surface area contributed by atoms with E-state index in [1.807, 2.05) is 6.92 Å². The lowest BCUT2D eigenvalue weighted by atomic mass is 10.3. The molecule has 0 aliphatic heterocycles. The summed E-state index contributed by atoms with van der Waals surface area (Å²) in [5, 5.41) is 19.0. The second-order valence-corrected chi connectivity index (χ2v) is 7.25. The van der Waals surface area contributed by atoms with Crippen molar-refractivity contribution in [1.29, 1.82) is 0 Å². The van der Waals surface area contributed by atoms with E-state index in [0.717, 1.165) is 17.8 Å². The van der Waals surface area contributed by atoms with Gasteiger partial charge in [0.05, 0.1) is 5.75 Å². The standard InChI is InChI=1S/C11H13N3O3S2/c1-2-3-8-19(16,17)11-13-12-10(18-11)9-4-6-14(15)7-5-9/h4-7H,2-3,8H2,1H3. The average Bonchev–Trinajstić information content (AvgIpc) is 2.88. The number of hydrogen-bond donors (Lipinski definition) is 0. The molecule has 0 saturated carbocycles. The van der Waals surface area contributed by atoms with Gasteiger partial charge in [0.1, 0.15) is 5.01 Å². The SMILES string of the molecule is CCCCS(=O)(=O)c1nnc(-c2cc[n+]([O-])cc2)s1. The van der Waals surface area contributed by atoms with Crippen LogP contribution in [0.15, 0.2) is 28.9 Å². The Labute approximate surface area is 115 Å². The molecule has 2 aromatic heterocycles. The highest BCUT2D eigenvalue weighted by atomic mass is 32.2. The van der Waals surface area contributed by atoms with Crippen molar-refractivity contribution in [1.82, 2.24) is 10.2 Å². The highest BCUT2D eigenvalue weighted by Gasteiger charge is 2.20. The Morgan fingerprint density at radius 1 is 1.32 bits per heavy atom. The van der Waals surface area contributed by atoms with Crippen LogP contribution in [-0.2, 0) is 9.84 Å². The van der Waals surface area contributed by atoms with Crippen molar-refractivity contribution in [2.24, 2.45) is 0 Å². The van der Waals surface area contributed by atoms with Crippen molar-refractivity contribution in [3.05, 3.63) is 29.7 Å². The van der Waals surface area contributed by atoms with E-state index in [1.165, 1.54) is 12.4 Å². The Morgan fingerprint density at radius 3 is 2.63 bits per heavy atom. The fourth-order valence-corrected chi connectivity index (χ4v) is 4.01. The number of rotatable bonds is 5. The summed E-state index contributed by atoms with van der Waals surface area (Å²) in [5.41, 5.74) is 0.682. The van der Waals surface area contributed by atoms with Crippen LogP contribution in [0.5, 0.6) is 0 Å². The minimum absolute atomic E-state index is 0.0369. The van der Waals surface area contributed by atoms with Crippen LogP contribution in [0.4, 0.5) is 0 Å². The third-order valence-electron chi connectivity index (χ3n) is 2.49. The van der Waals surface area contributed by atoms with Crippen LogP contribution in [0.3, 0.4) is 0 Å². The summed E-state index contributed by atoms with van der Waals surface area (Å²) in [4.78, 5) is 0. The molecule has 6 nitrogen and oxygen atoms in total. The monoisotopic (exact) mass is 299 g/mol. The molecule has 0 radical (unpaired) electrons. The minimum atomic E-state index is -3.34. The third-order valence-corrected chi connectivity index (χ3v) is 5.71. The lowest BCUT2D eigenvalue weighted by molar-refractivity contribution is -0.605. The zero-order valence-electron chi connectivity index (χ0n) is 10.3.